The van der Waals surface area contributed by atoms with E-state index in [2.05, 4.69) is 146 Å². The second kappa shape index (κ2) is 9.60. The molecule has 0 saturated carbocycles. The van der Waals surface area contributed by atoms with Crippen molar-refractivity contribution in [2.24, 2.45) is 22.7 Å². The predicted octanol–water partition coefficient (Wildman–Crippen LogP) is 9.26. The topological polar surface area (TPSA) is 8.17 Å². The van der Waals surface area contributed by atoms with Gasteiger partial charge in [-0.1, -0.05) is 83.1 Å². The molecular formula is C32H62N2. The minimum absolute atomic E-state index is 0.156. The molecule has 0 N–H and O–H groups in total. The Bertz CT molecular complexity index is 730. The Balaban J connectivity index is 0.000000340. The fraction of sp³-hybridized carbons (Fsp3) is 0.875. The van der Waals surface area contributed by atoms with Crippen LogP contribution in [0, 0.1) is 22.7 Å². The van der Waals surface area contributed by atoms with Gasteiger partial charge in [0.2, 0.25) is 0 Å². The third-order valence-electron chi connectivity index (χ3n) is 7.71. The van der Waals surface area contributed by atoms with Crippen LogP contribution in [0.4, 0.5) is 0 Å². The summed E-state index contributed by atoms with van der Waals surface area (Å²) in [6, 6.07) is 0. The van der Waals surface area contributed by atoms with Crippen molar-refractivity contribution in [3.8, 4) is 0 Å². The normalized spacial score (nSPS) is 21.5. The summed E-state index contributed by atoms with van der Waals surface area (Å²) in [5.41, 5.74) is 4.65. The number of aromatic nitrogens is 1. The molecule has 0 aliphatic carbocycles. The molecule has 2 heteroatoms. The first-order chi connectivity index (χ1) is 14.7. The van der Waals surface area contributed by atoms with E-state index in [4.69, 9.17) is 0 Å². The molecule has 200 valence electrons. The summed E-state index contributed by atoms with van der Waals surface area (Å²) in [7, 11) is 0. The number of hydrogen-bond acceptors (Lipinski definition) is 1. The molecule has 0 radical (unpaired) electrons. The van der Waals surface area contributed by atoms with Crippen LogP contribution in [0.5, 0.6) is 0 Å². The van der Waals surface area contributed by atoms with Gasteiger partial charge in [0.15, 0.2) is 0 Å². The maximum atomic E-state index is 2.68. The van der Waals surface area contributed by atoms with Crippen molar-refractivity contribution in [1.82, 2.24) is 9.47 Å². The Kier molecular flexibility index (Phi) is 8.83. The lowest BCUT2D eigenvalue weighted by Crippen LogP contribution is -2.40. The molecule has 1 saturated heterocycles. The molecule has 1 aromatic rings. The van der Waals surface area contributed by atoms with E-state index in [1.165, 1.54) is 24.2 Å². The Morgan fingerprint density at radius 3 is 0.971 bits per heavy atom. The third kappa shape index (κ3) is 8.14. The van der Waals surface area contributed by atoms with Crippen molar-refractivity contribution in [3.63, 3.8) is 0 Å². The van der Waals surface area contributed by atoms with E-state index >= 15 is 0 Å². The van der Waals surface area contributed by atoms with Gasteiger partial charge in [-0.2, -0.15) is 0 Å². The molecular weight excluding hydrogens is 412 g/mol. The first-order valence-electron chi connectivity index (χ1n) is 13.7. The number of nitrogens with zero attached hydrogens (tertiary/aromatic N) is 2. The van der Waals surface area contributed by atoms with Gasteiger partial charge < -0.3 is 4.57 Å². The second-order valence-electron chi connectivity index (χ2n) is 17.2. The van der Waals surface area contributed by atoms with Gasteiger partial charge >= 0.3 is 0 Å². The van der Waals surface area contributed by atoms with Crippen LogP contribution in [-0.2, 0) is 16.4 Å². The molecule has 0 bridgehead atoms. The zero-order valence-corrected chi connectivity index (χ0v) is 26.6. The predicted molar refractivity (Wildman–Crippen MR) is 154 cm³/mol. The molecule has 2 unspecified atom stereocenters. The Morgan fingerprint density at radius 2 is 0.794 bits per heavy atom. The zero-order chi connectivity index (χ0) is 27.3. The molecule has 1 fully saturated rings. The van der Waals surface area contributed by atoms with Crippen LogP contribution in [0.2, 0.25) is 0 Å². The summed E-state index contributed by atoms with van der Waals surface area (Å²) in [6.45, 7) is 44.5. The fourth-order valence-corrected chi connectivity index (χ4v) is 5.14. The average Bonchev–Trinajstić information content (AvgIpc) is 3.18. The summed E-state index contributed by atoms with van der Waals surface area (Å²) in [4.78, 5) is 2.68. The van der Waals surface area contributed by atoms with E-state index in [9.17, 15) is 0 Å². The molecule has 2 atom stereocenters. The quantitative estimate of drug-likeness (QED) is 0.363. The smallest absolute Gasteiger partial charge is 0.0355 e. The molecule has 2 nitrogen and oxygen atoms in total. The molecule has 1 aliphatic heterocycles. The minimum Gasteiger partial charge on any atom is -0.348 e. The third-order valence-corrected chi connectivity index (χ3v) is 7.71. The lowest BCUT2D eigenvalue weighted by atomic mass is 9.66. The van der Waals surface area contributed by atoms with Crippen LogP contribution in [0.25, 0.3) is 0 Å². The summed E-state index contributed by atoms with van der Waals surface area (Å²) in [6.07, 6.45) is 4.67. The number of hydrogen-bond donors (Lipinski definition) is 0. The van der Waals surface area contributed by atoms with Crippen molar-refractivity contribution in [2.45, 2.75) is 147 Å². The number of likely N-dealkylation sites (tertiary alicyclic amines) is 1. The SMILES string of the molecule is CC(C)(C)C1CN(C(C)(C)C)CC1C(C)(C)C.CC(C)(C)c1cn(C(C)(C)C)cc1C(C)(C)C. The van der Waals surface area contributed by atoms with Gasteiger partial charge in [-0.25, -0.2) is 0 Å². The van der Waals surface area contributed by atoms with E-state index in [1.807, 2.05) is 0 Å². The molecule has 1 aliphatic rings. The van der Waals surface area contributed by atoms with E-state index in [-0.39, 0.29) is 16.4 Å². The van der Waals surface area contributed by atoms with Crippen molar-refractivity contribution in [1.29, 1.82) is 0 Å². The summed E-state index contributed by atoms with van der Waals surface area (Å²) < 4.78 is 2.36. The minimum atomic E-state index is 0.156. The first-order valence-corrected chi connectivity index (χ1v) is 13.7. The standard InChI is InChI=1S/C16H33N.C16H29N/c2*1-14(2,3)12-10-17(16(7,8)9)11-13(12)15(4,5)6/h12-13H,10-11H2,1-9H3;10-11H,1-9H3. The van der Waals surface area contributed by atoms with Crippen LogP contribution in [0.3, 0.4) is 0 Å². The highest BCUT2D eigenvalue weighted by Gasteiger charge is 2.47. The maximum absolute atomic E-state index is 2.68. The molecule has 1 aromatic heterocycles. The molecule has 0 spiro atoms. The molecule has 34 heavy (non-hydrogen) atoms. The second-order valence-corrected chi connectivity index (χ2v) is 17.2. The van der Waals surface area contributed by atoms with Gasteiger partial charge in [-0.05, 0) is 86.2 Å². The molecule has 2 rings (SSSR count). The fourth-order valence-electron chi connectivity index (χ4n) is 5.14. The van der Waals surface area contributed by atoms with Gasteiger partial charge in [0, 0.05) is 36.6 Å². The van der Waals surface area contributed by atoms with Crippen molar-refractivity contribution < 1.29 is 0 Å². The van der Waals surface area contributed by atoms with Crippen LogP contribution in [-0.4, -0.2) is 28.1 Å². The van der Waals surface area contributed by atoms with E-state index in [1.54, 1.807) is 0 Å². The van der Waals surface area contributed by atoms with Gasteiger partial charge in [0.25, 0.3) is 0 Å². The monoisotopic (exact) mass is 474 g/mol. The maximum Gasteiger partial charge on any atom is 0.0355 e. The Hall–Kier alpha value is -0.760. The van der Waals surface area contributed by atoms with E-state index in [0.717, 1.165) is 11.8 Å². The van der Waals surface area contributed by atoms with Gasteiger partial charge in [-0.15, -0.1) is 0 Å². The number of rotatable bonds is 0. The van der Waals surface area contributed by atoms with Crippen LogP contribution in [0.15, 0.2) is 12.4 Å². The highest BCUT2D eigenvalue weighted by atomic mass is 15.2. The summed E-state index contributed by atoms with van der Waals surface area (Å²) >= 11 is 0. The van der Waals surface area contributed by atoms with Crippen molar-refractivity contribution in [3.05, 3.63) is 23.5 Å². The lowest BCUT2D eigenvalue weighted by molar-refractivity contribution is 0.115. The van der Waals surface area contributed by atoms with E-state index in [0.29, 0.717) is 16.4 Å². The average molecular weight is 475 g/mol. The Morgan fingerprint density at radius 1 is 0.500 bits per heavy atom. The van der Waals surface area contributed by atoms with Crippen molar-refractivity contribution >= 4 is 0 Å². The lowest BCUT2D eigenvalue weighted by Gasteiger charge is -2.38. The largest absolute Gasteiger partial charge is 0.348 e. The van der Waals surface area contributed by atoms with Gasteiger partial charge in [0.05, 0.1) is 0 Å². The highest BCUT2D eigenvalue weighted by molar-refractivity contribution is 5.36. The first kappa shape index (κ1) is 31.3. The molecule has 0 aromatic carbocycles. The Labute approximate surface area is 215 Å². The van der Waals surface area contributed by atoms with Gasteiger partial charge in [0.1, 0.15) is 0 Å². The summed E-state index contributed by atoms with van der Waals surface area (Å²) in [5, 5.41) is 0. The summed E-state index contributed by atoms with van der Waals surface area (Å²) in [5.74, 6) is 1.61. The molecule has 2 heterocycles. The van der Waals surface area contributed by atoms with Crippen LogP contribution < -0.4 is 0 Å². The van der Waals surface area contributed by atoms with Crippen LogP contribution in [0.1, 0.15) is 136 Å². The highest BCUT2D eigenvalue weighted by Crippen LogP contribution is 2.47. The molecule has 0 amide bonds. The van der Waals surface area contributed by atoms with E-state index < -0.39 is 0 Å². The zero-order valence-electron chi connectivity index (χ0n) is 26.6. The van der Waals surface area contributed by atoms with Gasteiger partial charge in [-0.3, -0.25) is 4.90 Å². The van der Waals surface area contributed by atoms with Crippen molar-refractivity contribution in [2.75, 3.05) is 13.1 Å². The van der Waals surface area contributed by atoms with Crippen LogP contribution >= 0.6 is 0 Å².